The molecule has 0 bridgehead atoms. The summed E-state index contributed by atoms with van der Waals surface area (Å²) in [5.74, 6) is 0.160. The van der Waals surface area contributed by atoms with Crippen LogP contribution in [0.2, 0.25) is 0 Å². The molecule has 2 aromatic rings. The first-order valence-electron chi connectivity index (χ1n) is 8.88. The standard InChI is InChI=1S/C20H26N2O4S/c1-5-22(6-2)27(24,25)18-12-10-17(11-13-18)26-14-20(23)21-19-9-7-8-15(3)16(19)4/h7-13H,5-6,14H2,1-4H3,(H,21,23). The summed E-state index contributed by atoms with van der Waals surface area (Å²) >= 11 is 0. The monoisotopic (exact) mass is 390 g/mol. The van der Waals surface area contributed by atoms with E-state index in [0.29, 0.717) is 18.8 Å². The second kappa shape index (κ2) is 9.01. The number of amides is 1. The Hall–Kier alpha value is -2.38. The van der Waals surface area contributed by atoms with Crippen molar-refractivity contribution in [3.63, 3.8) is 0 Å². The highest BCUT2D eigenvalue weighted by atomic mass is 32.2. The van der Waals surface area contributed by atoms with E-state index >= 15 is 0 Å². The second-order valence-corrected chi connectivity index (χ2v) is 8.08. The fourth-order valence-electron chi connectivity index (χ4n) is 2.64. The number of anilines is 1. The van der Waals surface area contributed by atoms with Crippen LogP contribution in [0.25, 0.3) is 0 Å². The fraction of sp³-hybridized carbons (Fsp3) is 0.350. The van der Waals surface area contributed by atoms with Crippen LogP contribution >= 0.6 is 0 Å². The number of hydrogen-bond donors (Lipinski definition) is 1. The molecule has 0 radical (unpaired) electrons. The van der Waals surface area contributed by atoms with E-state index in [1.165, 1.54) is 16.4 Å². The van der Waals surface area contributed by atoms with Gasteiger partial charge in [0.25, 0.3) is 5.91 Å². The van der Waals surface area contributed by atoms with Gasteiger partial charge in [0, 0.05) is 18.8 Å². The lowest BCUT2D eigenvalue weighted by molar-refractivity contribution is -0.118. The predicted octanol–water partition coefficient (Wildman–Crippen LogP) is 3.35. The fourth-order valence-corrected chi connectivity index (χ4v) is 4.10. The van der Waals surface area contributed by atoms with Gasteiger partial charge in [-0.3, -0.25) is 4.79 Å². The Morgan fingerprint density at radius 1 is 1.04 bits per heavy atom. The summed E-state index contributed by atoms with van der Waals surface area (Å²) in [4.78, 5) is 12.3. The van der Waals surface area contributed by atoms with Gasteiger partial charge in [0.15, 0.2) is 6.61 Å². The lowest BCUT2D eigenvalue weighted by Gasteiger charge is -2.18. The highest BCUT2D eigenvalue weighted by Gasteiger charge is 2.21. The molecule has 2 aromatic carbocycles. The summed E-state index contributed by atoms with van der Waals surface area (Å²) in [6, 6.07) is 11.8. The summed E-state index contributed by atoms with van der Waals surface area (Å²) in [6.45, 7) is 8.19. The summed E-state index contributed by atoms with van der Waals surface area (Å²) in [7, 11) is -3.50. The quantitative estimate of drug-likeness (QED) is 0.750. The Bertz CT molecular complexity index is 889. The Balaban J connectivity index is 1.99. The van der Waals surface area contributed by atoms with Gasteiger partial charge in [-0.25, -0.2) is 8.42 Å². The zero-order valence-electron chi connectivity index (χ0n) is 16.2. The Kier molecular flexibility index (Phi) is 6.98. The van der Waals surface area contributed by atoms with Crippen LogP contribution in [0.4, 0.5) is 5.69 Å². The highest BCUT2D eigenvalue weighted by Crippen LogP contribution is 2.20. The molecule has 6 nitrogen and oxygen atoms in total. The van der Waals surface area contributed by atoms with Crippen LogP contribution in [0.1, 0.15) is 25.0 Å². The molecular weight excluding hydrogens is 364 g/mol. The van der Waals surface area contributed by atoms with Crippen molar-refractivity contribution in [2.24, 2.45) is 0 Å². The van der Waals surface area contributed by atoms with Gasteiger partial charge in [-0.1, -0.05) is 26.0 Å². The van der Waals surface area contributed by atoms with E-state index in [9.17, 15) is 13.2 Å². The first-order valence-corrected chi connectivity index (χ1v) is 10.3. The van der Waals surface area contributed by atoms with E-state index in [1.54, 1.807) is 26.0 Å². The smallest absolute Gasteiger partial charge is 0.262 e. The number of hydrogen-bond acceptors (Lipinski definition) is 4. The van der Waals surface area contributed by atoms with Gasteiger partial charge in [0.1, 0.15) is 5.75 Å². The first kappa shape index (κ1) is 20.9. The van der Waals surface area contributed by atoms with Crippen LogP contribution < -0.4 is 10.1 Å². The van der Waals surface area contributed by atoms with Gasteiger partial charge in [-0.05, 0) is 55.3 Å². The van der Waals surface area contributed by atoms with Crippen molar-refractivity contribution in [3.8, 4) is 5.75 Å². The van der Waals surface area contributed by atoms with Gasteiger partial charge in [-0.15, -0.1) is 0 Å². The minimum Gasteiger partial charge on any atom is -0.484 e. The van der Waals surface area contributed by atoms with E-state index in [1.807, 2.05) is 32.0 Å². The molecule has 27 heavy (non-hydrogen) atoms. The maximum atomic E-state index is 12.5. The minimum absolute atomic E-state index is 0.157. The van der Waals surface area contributed by atoms with Crippen molar-refractivity contribution >= 4 is 21.6 Å². The molecule has 0 aromatic heterocycles. The first-order chi connectivity index (χ1) is 12.8. The molecule has 0 aliphatic rings. The van der Waals surface area contributed by atoms with Crippen LogP contribution in [0.3, 0.4) is 0 Å². The van der Waals surface area contributed by atoms with Gasteiger partial charge < -0.3 is 10.1 Å². The molecule has 0 atom stereocenters. The van der Waals surface area contributed by atoms with Gasteiger partial charge in [0.05, 0.1) is 4.90 Å². The molecule has 146 valence electrons. The third-order valence-corrected chi connectivity index (χ3v) is 6.48. The lowest BCUT2D eigenvalue weighted by atomic mass is 10.1. The molecule has 0 heterocycles. The zero-order chi connectivity index (χ0) is 20.0. The summed E-state index contributed by atoms with van der Waals surface area (Å²) in [6.07, 6.45) is 0. The number of benzene rings is 2. The summed E-state index contributed by atoms with van der Waals surface area (Å²) < 4.78 is 31.8. The van der Waals surface area contributed by atoms with Crippen LogP contribution in [0.5, 0.6) is 5.75 Å². The Labute approximate surface area is 161 Å². The predicted molar refractivity (Wildman–Crippen MR) is 107 cm³/mol. The molecule has 0 aliphatic carbocycles. The van der Waals surface area contributed by atoms with Gasteiger partial charge in [-0.2, -0.15) is 4.31 Å². The minimum atomic E-state index is -3.50. The van der Waals surface area contributed by atoms with Crippen molar-refractivity contribution in [3.05, 3.63) is 53.6 Å². The van der Waals surface area contributed by atoms with E-state index in [0.717, 1.165) is 16.8 Å². The number of sulfonamides is 1. The van der Waals surface area contributed by atoms with Gasteiger partial charge in [0.2, 0.25) is 10.0 Å². The highest BCUT2D eigenvalue weighted by molar-refractivity contribution is 7.89. The zero-order valence-corrected chi connectivity index (χ0v) is 17.0. The van der Waals surface area contributed by atoms with E-state index in [4.69, 9.17) is 4.74 Å². The number of aryl methyl sites for hydroxylation is 1. The molecule has 1 N–H and O–H groups in total. The third kappa shape index (κ3) is 5.08. The largest absolute Gasteiger partial charge is 0.484 e. The topological polar surface area (TPSA) is 75.7 Å². The van der Waals surface area contributed by atoms with E-state index in [2.05, 4.69) is 5.32 Å². The summed E-state index contributed by atoms with van der Waals surface area (Å²) in [5.41, 5.74) is 2.86. The third-order valence-electron chi connectivity index (χ3n) is 4.42. The van der Waals surface area contributed by atoms with Crippen LogP contribution in [-0.4, -0.2) is 38.3 Å². The maximum Gasteiger partial charge on any atom is 0.262 e. The van der Waals surface area contributed by atoms with E-state index < -0.39 is 10.0 Å². The van der Waals surface area contributed by atoms with Crippen molar-refractivity contribution in [1.29, 1.82) is 0 Å². The number of nitrogens with one attached hydrogen (secondary N) is 1. The van der Waals surface area contributed by atoms with Crippen molar-refractivity contribution < 1.29 is 17.9 Å². The SMILES string of the molecule is CCN(CC)S(=O)(=O)c1ccc(OCC(=O)Nc2cccc(C)c2C)cc1. The average Bonchev–Trinajstić information content (AvgIpc) is 2.65. The molecule has 2 rings (SSSR count). The average molecular weight is 391 g/mol. The van der Waals surface area contributed by atoms with Gasteiger partial charge >= 0.3 is 0 Å². The van der Waals surface area contributed by atoms with Crippen molar-refractivity contribution in [2.75, 3.05) is 25.0 Å². The van der Waals surface area contributed by atoms with Crippen LogP contribution in [0.15, 0.2) is 47.4 Å². The molecule has 0 fully saturated rings. The van der Waals surface area contributed by atoms with E-state index in [-0.39, 0.29) is 17.4 Å². The Morgan fingerprint density at radius 2 is 1.67 bits per heavy atom. The second-order valence-electron chi connectivity index (χ2n) is 6.15. The number of carbonyl (C=O) groups excluding carboxylic acids is 1. The molecule has 0 unspecified atom stereocenters. The molecule has 0 aliphatic heterocycles. The number of carbonyl (C=O) groups is 1. The van der Waals surface area contributed by atoms with Crippen LogP contribution in [0, 0.1) is 13.8 Å². The summed E-state index contributed by atoms with van der Waals surface area (Å²) in [5, 5.41) is 2.82. The molecule has 0 saturated heterocycles. The molecule has 0 spiro atoms. The molecule has 7 heteroatoms. The van der Waals surface area contributed by atoms with Crippen molar-refractivity contribution in [2.45, 2.75) is 32.6 Å². The maximum absolute atomic E-state index is 12.5. The Morgan fingerprint density at radius 3 is 2.26 bits per heavy atom. The molecule has 1 amide bonds. The molecule has 0 saturated carbocycles. The molecular formula is C20H26N2O4S. The lowest BCUT2D eigenvalue weighted by Crippen LogP contribution is -2.30. The van der Waals surface area contributed by atoms with Crippen molar-refractivity contribution in [1.82, 2.24) is 4.31 Å². The number of nitrogens with zero attached hydrogens (tertiary/aromatic N) is 1. The normalized spacial score (nSPS) is 11.4. The van der Waals surface area contributed by atoms with Crippen LogP contribution in [-0.2, 0) is 14.8 Å². The number of ether oxygens (including phenoxy) is 1. The number of rotatable bonds is 8.